The predicted molar refractivity (Wildman–Crippen MR) is 63.1 cm³/mol. The van der Waals surface area contributed by atoms with E-state index >= 15 is 0 Å². The van der Waals surface area contributed by atoms with Crippen molar-refractivity contribution in [2.75, 3.05) is 31.3 Å². The van der Waals surface area contributed by atoms with Crippen LogP contribution in [-0.4, -0.2) is 30.5 Å². The van der Waals surface area contributed by atoms with Crippen molar-refractivity contribution in [3.63, 3.8) is 0 Å². The van der Waals surface area contributed by atoms with Gasteiger partial charge in [-0.2, -0.15) is 0 Å². The molecule has 88 valence electrons. The normalized spacial score (nSPS) is 17.1. The van der Waals surface area contributed by atoms with Crippen LogP contribution in [0.5, 0.6) is 0 Å². The SMILES string of the molecule is COCCC1(CNc2ccc(N)nn2)CC1. The molecular formula is C11H18N4O. The van der Waals surface area contributed by atoms with E-state index in [0.717, 1.165) is 25.4 Å². The van der Waals surface area contributed by atoms with Gasteiger partial charge in [-0.05, 0) is 36.8 Å². The zero-order valence-corrected chi connectivity index (χ0v) is 9.57. The summed E-state index contributed by atoms with van der Waals surface area (Å²) in [6.45, 7) is 1.77. The minimum absolute atomic E-state index is 0.416. The summed E-state index contributed by atoms with van der Waals surface area (Å²) in [4.78, 5) is 0. The standard InChI is InChI=1S/C11H18N4O/c1-16-7-6-11(4-5-11)8-13-10-3-2-9(12)14-15-10/h2-3H,4-8H2,1H3,(H2,12,14)(H,13,15). The molecule has 0 amide bonds. The molecule has 1 aromatic rings. The molecule has 1 saturated carbocycles. The van der Waals surface area contributed by atoms with Crippen molar-refractivity contribution in [2.45, 2.75) is 19.3 Å². The van der Waals surface area contributed by atoms with Crippen LogP contribution in [0.3, 0.4) is 0 Å². The van der Waals surface area contributed by atoms with E-state index in [2.05, 4.69) is 15.5 Å². The molecule has 1 fully saturated rings. The molecule has 5 heteroatoms. The van der Waals surface area contributed by atoms with Gasteiger partial charge in [0.25, 0.3) is 0 Å². The molecule has 0 aliphatic heterocycles. The Balaban J connectivity index is 1.81. The maximum atomic E-state index is 5.47. The molecule has 5 nitrogen and oxygen atoms in total. The molecule has 0 atom stereocenters. The third-order valence-corrected chi connectivity index (χ3v) is 3.12. The maximum absolute atomic E-state index is 5.47. The second kappa shape index (κ2) is 4.65. The number of hydrogen-bond acceptors (Lipinski definition) is 5. The summed E-state index contributed by atoms with van der Waals surface area (Å²) >= 11 is 0. The van der Waals surface area contributed by atoms with Crippen LogP contribution < -0.4 is 11.1 Å². The van der Waals surface area contributed by atoms with E-state index in [1.165, 1.54) is 12.8 Å². The van der Waals surface area contributed by atoms with Crippen LogP contribution in [0.2, 0.25) is 0 Å². The van der Waals surface area contributed by atoms with Gasteiger partial charge < -0.3 is 15.8 Å². The van der Waals surface area contributed by atoms with Crippen LogP contribution in [0.25, 0.3) is 0 Å². The highest BCUT2D eigenvalue weighted by Crippen LogP contribution is 2.48. The Morgan fingerprint density at radius 3 is 2.81 bits per heavy atom. The average Bonchev–Trinajstić information content (AvgIpc) is 3.07. The summed E-state index contributed by atoms with van der Waals surface area (Å²) in [5.74, 6) is 1.24. The van der Waals surface area contributed by atoms with Gasteiger partial charge in [-0.15, -0.1) is 10.2 Å². The summed E-state index contributed by atoms with van der Waals surface area (Å²) in [6.07, 6.45) is 3.65. The van der Waals surface area contributed by atoms with E-state index < -0.39 is 0 Å². The maximum Gasteiger partial charge on any atom is 0.148 e. The molecule has 0 spiro atoms. The summed E-state index contributed by atoms with van der Waals surface area (Å²) in [7, 11) is 1.74. The van der Waals surface area contributed by atoms with Crippen molar-refractivity contribution >= 4 is 11.6 Å². The van der Waals surface area contributed by atoms with Gasteiger partial charge in [0.15, 0.2) is 0 Å². The van der Waals surface area contributed by atoms with Gasteiger partial charge in [-0.1, -0.05) is 0 Å². The first-order valence-electron chi connectivity index (χ1n) is 5.56. The first-order chi connectivity index (χ1) is 7.74. The Morgan fingerprint density at radius 1 is 1.44 bits per heavy atom. The molecule has 0 radical (unpaired) electrons. The summed E-state index contributed by atoms with van der Waals surface area (Å²) in [6, 6.07) is 3.61. The van der Waals surface area contributed by atoms with Gasteiger partial charge in [-0.3, -0.25) is 0 Å². The van der Waals surface area contributed by atoms with Crippen LogP contribution in [0.1, 0.15) is 19.3 Å². The summed E-state index contributed by atoms with van der Waals surface area (Å²) in [5.41, 5.74) is 5.88. The molecular weight excluding hydrogens is 204 g/mol. The lowest BCUT2D eigenvalue weighted by Crippen LogP contribution is -2.18. The minimum atomic E-state index is 0.416. The van der Waals surface area contributed by atoms with E-state index in [1.54, 1.807) is 13.2 Å². The number of rotatable bonds is 6. The Labute approximate surface area is 95.4 Å². The van der Waals surface area contributed by atoms with Gasteiger partial charge in [0.05, 0.1) is 0 Å². The monoisotopic (exact) mass is 222 g/mol. The van der Waals surface area contributed by atoms with Crippen LogP contribution >= 0.6 is 0 Å². The third-order valence-electron chi connectivity index (χ3n) is 3.12. The molecule has 2 rings (SSSR count). The number of nitrogens with two attached hydrogens (primary N) is 1. The molecule has 0 aromatic carbocycles. The van der Waals surface area contributed by atoms with Crippen molar-refractivity contribution in [1.29, 1.82) is 0 Å². The van der Waals surface area contributed by atoms with Crippen LogP contribution in [0.15, 0.2) is 12.1 Å². The molecule has 16 heavy (non-hydrogen) atoms. The summed E-state index contributed by atoms with van der Waals surface area (Å²) < 4.78 is 5.11. The smallest absolute Gasteiger partial charge is 0.148 e. The lowest BCUT2D eigenvalue weighted by Gasteiger charge is -2.15. The Bertz CT molecular complexity index is 334. The van der Waals surface area contributed by atoms with Gasteiger partial charge in [0.1, 0.15) is 11.6 Å². The van der Waals surface area contributed by atoms with Crippen molar-refractivity contribution in [3.05, 3.63) is 12.1 Å². The van der Waals surface area contributed by atoms with Gasteiger partial charge in [0, 0.05) is 20.3 Å². The third kappa shape index (κ3) is 2.82. The van der Waals surface area contributed by atoms with Gasteiger partial charge >= 0.3 is 0 Å². The molecule has 1 heterocycles. The zero-order valence-electron chi connectivity index (χ0n) is 9.57. The van der Waals surface area contributed by atoms with E-state index in [1.807, 2.05) is 6.07 Å². The highest BCUT2D eigenvalue weighted by Gasteiger charge is 2.41. The molecule has 1 aliphatic carbocycles. The number of ether oxygens (including phenoxy) is 1. The second-order valence-corrected chi connectivity index (χ2v) is 4.44. The van der Waals surface area contributed by atoms with E-state index in [-0.39, 0.29) is 0 Å². The topological polar surface area (TPSA) is 73.1 Å². The quantitative estimate of drug-likeness (QED) is 0.758. The molecule has 0 saturated heterocycles. The van der Waals surface area contributed by atoms with Crippen molar-refractivity contribution in [3.8, 4) is 0 Å². The highest BCUT2D eigenvalue weighted by molar-refractivity contribution is 5.38. The van der Waals surface area contributed by atoms with Gasteiger partial charge in [0.2, 0.25) is 0 Å². The zero-order chi connectivity index (χ0) is 11.4. The minimum Gasteiger partial charge on any atom is -0.385 e. The fraction of sp³-hybridized carbons (Fsp3) is 0.636. The lowest BCUT2D eigenvalue weighted by atomic mass is 10.0. The number of hydrogen-bond donors (Lipinski definition) is 2. The Hall–Kier alpha value is -1.36. The number of anilines is 2. The van der Waals surface area contributed by atoms with Crippen molar-refractivity contribution in [1.82, 2.24) is 10.2 Å². The first kappa shape index (κ1) is 11.1. The van der Waals surface area contributed by atoms with Crippen molar-refractivity contribution < 1.29 is 4.74 Å². The molecule has 0 bridgehead atoms. The largest absolute Gasteiger partial charge is 0.385 e. The number of methoxy groups -OCH3 is 1. The highest BCUT2D eigenvalue weighted by atomic mass is 16.5. The molecule has 1 aliphatic rings. The van der Waals surface area contributed by atoms with Crippen LogP contribution in [-0.2, 0) is 4.74 Å². The summed E-state index contributed by atoms with van der Waals surface area (Å²) in [5, 5.41) is 11.1. The average molecular weight is 222 g/mol. The first-order valence-corrected chi connectivity index (χ1v) is 5.56. The molecule has 0 unspecified atom stereocenters. The van der Waals surface area contributed by atoms with E-state index in [9.17, 15) is 0 Å². The van der Waals surface area contributed by atoms with E-state index in [0.29, 0.717) is 11.2 Å². The Kier molecular flexibility index (Phi) is 3.24. The van der Waals surface area contributed by atoms with Crippen LogP contribution in [0.4, 0.5) is 11.6 Å². The van der Waals surface area contributed by atoms with E-state index in [4.69, 9.17) is 10.5 Å². The predicted octanol–water partition coefficient (Wildman–Crippen LogP) is 1.29. The second-order valence-electron chi connectivity index (χ2n) is 4.44. The molecule has 3 N–H and O–H groups in total. The van der Waals surface area contributed by atoms with Crippen LogP contribution in [0, 0.1) is 5.41 Å². The van der Waals surface area contributed by atoms with Crippen molar-refractivity contribution in [2.24, 2.45) is 5.41 Å². The molecule has 1 aromatic heterocycles. The number of aromatic nitrogens is 2. The number of nitrogens with one attached hydrogen (secondary N) is 1. The fourth-order valence-electron chi connectivity index (χ4n) is 1.73. The lowest BCUT2D eigenvalue weighted by molar-refractivity contribution is 0.175. The van der Waals surface area contributed by atoms with Gasteiger partial charge in [-0.25, -0.2) is 0 Å². The Morgan fingerprint density at radius 2 is 2.25 bits per heavy atom. The fourth-order valence-corrected chi connectivity index (χ4v) is 1.73. The number of nitrogen functional groups attached to an aromatic ring is 1. The number of nitrogens with zero attached hydrogens (tertiary/aromatic N) is 2.